The van der Waals surface area contributed by atoms with Crippen molar-refractivity contribution < 1.29 is 14.2 Å². The molecule has 0 spiro atoms. The van der Waals surface area contributed by atoms with Crippen LogP contribution in [-0.2, 0) is 13.0 Å². The number of phenolic OH excluding ortho intramolecular Hbond substituents is 1. The first-order chi connectivity index (χ1) is 12.1. The third kappa shape index (κ3) is 5.99. The third-order valence-corrected chi connectivity index (χ3v) is 3.63. The molecule has 0 saturated carbocycles. The van der Waals surface area contributed by atoms with Crippen molar-refractivity contribution in [3.05, 3.63) is 59.4 Å². The lowest BCUT2D eigenvalue weighted by Gasteiger charge is -2.12. The standard InChI is InChI=1S/C19H24FN3O2/c1-3-21-19(23-13-14-5-4-6-16(20)11-14)22-10-9-15-7-8-17(25-2)12-18(15)24/h4-8,11-12,24H,3,9-10,13H2,1-2H3,(H2,21,22,23). The highest BCUT2D eigenvalue weighted by Gasteiger charge is 2.04. The van der Waals surface area contributed by atoms with Crippen LogP contribution in [-0.4, -0.2) is 31.3 Å². The molecule has 0 amide bonds. The largest absolute Gasteiger partial charge is 0.508 e. The predicted octanol–water partition coefficient (Wildman–Crippen LogP) is 2.84. The Morgan fingerprint density at radius 1 is 1.20 bits per heavy atom. The number of ether oxygens (including phenoxy) is 1. The fourth-order valence-corrected chi connectivity index (χ4v) is 2.35. The minimum atomic E-state index is -0.263. The Morgan fingerprint density at radius 3 is 2.72 bits per heavy atom. The number of nitrogens with one attached hydrogen (secondary N) is 2. The van der Waals surface area contributed by atoms with Crippen LogP contribution in [0.1, 0.15) is 18.1 Å². The summed E-state index contributed by atoms with van der Waals surface area (Å²) < 4.78 is 18.3. The highest BCUT2D eigenvalue weighted by atomic mass is 19.1. The minimum Gasteiger partial charge on any atom is -0.508 e. The number of aliphatic imine (C=N–C) groups is 1. The van der Waals surface area contributed by atoms with E-state index >= 15 is 0 Å². The summed E-state index contributed by atoms with van der Waals surface area (Å²) in [5.41, 5.74) is 1.64. The lowest BCUT2D eigenvalue weighted by Crippen LogP contribution is -2.38. The number of rotatable bonds is 7. The normalized spacial score (nSPS) is 11.2. The van der Waals surface area contributed by atoms with Crippen molar-refractivity contribution in [1.29, 1.82) is 0 Å². The Labute approximate surface area is 147 Å². The molecule has 0 unspecified atom stereocenters. The fourth-order valence-electron chi connectivity index (χ4n) is 2.35. The number of aromatic hydroxyl groups is 1. The molecule has 2 rings (SSSR count). The Bertz CT molecular complexity index is 720. The molecular formula is C19H24FN3O2. The van der Waals surface area contributed by atoms with Gasteiger partial charge in [0, 0.05) is 19.2 Å². The molecule has 0 heterocycles. The number of nitrogens with zero attached hydrogens (tertiary/aromatic N) is 1. The van der Waals surface area contributed by atoms with Gasteiger partial charge in [-0.1, -0.05) is 18.2 Å². The summed E-state index contributed by atoms with van der Waals surface area (Å²) in [4.78, 5) is 4.45. The summed E-state index contributed by atoms with van der Waals surface area (Å²) >= 11 is 0. The van der Waals surface area contributed by atoms with Gasteiger partial charge in [0.1, 0.15) is 17.3 Å². The quantitative estimate of drug-likeness (QED) is 0.533. The topological polar surface area (TPSA) is 65.9 Å². The second-order valence-corrected chi connectivity index (χ2v) is 5.50. The van der Waals surface area contributed by atoms with E-state index in [1.54, 1.807) is 19.2 Å². The molecular weight excluding hydrogens is 321 g/mol. The zero-order chi connectivity index (χ0) is 18.1. The van der Waals surface area contributed by atoms with Gasteiger partial charge in [0.2, 0.25) is 0 Å². The zero-order valence-electron chi connectivity index (χ0n) is 14.6. The SMILES string of the molecule is CCNC(=NCc1cccc(F)c1)NCCc1ccc(OC)cc1O. The van der Waals surface area contributed by atoms with E-state index in [1.165, 1.54) is 12.1 Å². The van der Waals surface area contributed by atoms with Crippen molar-refractivity contribution in [3.8, 4) is 11.5 Å². The Morgan fingerprint density at radius 2 is 2.04 bits per heavy atom. The molecule has 2 aromatic carbocycles. The molecule has 0 fully saturated rings. The molecule has 0 atom stereocenters. The van der Waals surface area contributed by atoms with E-state index in [0.717, 1.165) is 17.7 Å². The smallest absolute Gasteiger partial charge is 0.191 e. The van der Waals surface area contributed by atoms with E-state index in [4.69, 9.17) is 4.74 Å². The first-order valence-electron chi connectivity index (χ1n) is 8.25. The summed E-state index contributed by atoms with van der Waals surface area (Å²) in [5.74, 6) is 1.22. The van der Waals surface area contributed by atoms with Crippen molar-refractivity contribution in [1.82, 2.24) is 10.6 Å². The van der Waals surface area contributed by atoms with Crippen molar-refractivity contribution in [2.45, 2.75) is 19.9 Å². The lowest BCUT2D eigenvalue weighted by molar-refractivity contribution is 0.406. The Kier molecular flexibility index (Phi) is 7.07. The highest BCUT2D eigenvalue weighted by Crippen LogP contribution is 2.23. The molecule has 134 valence electrons. The molecule has 0 aliphatic heterocycles. The highest BCUT2D eigenvalue weighted by molar-refractivity contribution is 5.79. The van der Waals surface area contributed by atoms with Crippen molar-refractivity contribution in [2.75, 3.05) is 20.2 Å². The summed E-state index contributed by atoms with van der Waals surface area (Å²) in [6.45, 7) is 3.70. The molecule has 0 radical (unpaired) electrons. The molecule has 3 N–H and O–H groups in total. The van der Waals surface area contributed by atoms with E-state index in [-0.39, 0.29) is 11.6 Å². The molecule has 0 aliphatic carbocycles. The fraction of sp³-hybridized carbons (Fsp3) is 0.316. The second kappa shape index (κ2) is 9.52. The number of guanidine groups is 1. The van der Waals surface area contributed by atoms with Gasteiger partial charge >= 0.3 is 0 Å². The van der Waals surface area contributed by atoms with E-state index in [2.05, 4.69) is 15.6 Å². The molecule has 0 bridgehead atoms. The number of phenols is 1. The average molecular weight is 345 g/mol. The van der Waals surface area contributed by atoms with Crippen molar-refractivity contribution >= 4 is 5.96 Å². The maximum Gasteiger partial charge on any atom is 0.191 e. The van der Waals surface area contributed by atoms with Gasteiger partial charge in [0.25, 0.3) is 0 Å². The van der Waals surface area contributed by atoms with Gasteiger partial charge in [0.15, 0.2) is 5.96 Å². The monoisotopic (exact) mass is 345 g/mol. The van der Waals surface area contributed by atoms with Crippen LogP contribution in [0.15, 0.2) is 47.5 Å². The van der Waals surface area contributed by atoms with Crippen LogP contribution in [0.3, 0.4) is 0 Å². The Hall–Kier alpha value is -2.76. The van der Waals surface area contributed by atoms with Crippen LogP contribution in [0, 0.1) is 5.82 Å². The van der Waals surface area contributed by atoms with E-state index in [0.29, 0.717) is 31.2 Å². The van der Waals surface area contributed by atoms with Gasteiger partial charge in [-0.3, -0.25) is 0 Å². The van der Waals surface area contributed by atoms with Crippen molar-refractivity contribution in [3.63, 3.8) is 0 Å². The van der Waals surface area contributed by atoms with Crippen LogP contribution in [0.2, 0.25) is 0 Å². The molecule has 5 nitrogen and oxygen atoms in total. The van der Waals surface area contributed by atoms with Gasteiger partial charge in [-0.25, -0.2) is 9.38 Å². The summed E-state index contributed by atoms with van der Waals surface area (Å²) in [7, 11) is 1.56. The van der Waals surface area contributed by atoms with Gasteiger partial charge < -0.3 is 20.5 Å². The number of hydrogen-bond donors (Lipinski definition) is 3. The van der Waals surface area contributed by atoms with Crippen LogP contribution in [0.4, 0.5) is 4.39 Å². The number of methoxy groups -OCH3 is 1. The van der Waals surface area contributed by atoms with Crippen LogP contribution < -0.4 is 15.4 Å². The van der Waals surface area contributed by atoms with Crippen LogP contribution in [0.25, 0.3) is 0 Å². The first-order valence-corrected chi connectivity index (χ1v) is 8.25. The van der Waals surface area contributed by atoms with Crippen molar-refractivity contribution in [2.24, 2.45) is 4.99 Å². The third-order valence-electron chi connectivity index (χ3n) is 3.63. The summed E-state index contributed by atoms with van der Waals surface area (Å²) in [6, 6.07) is 11.7. The first kappa shape index (κ1) is 18.6. The molecule has 6 heteroatoms. The van der Waals surface area contributed by atoms with Gasteiger partial charge in [0.05, 0.1) is 13.7 Å². The van der Waals surface area contributed by atoms with Gasteiger partial charge in [-0.15, -0.1) is 0 Å². The van der Waals surface area contributed by atoms with Gasteiger partial charge in [-0.2, -0.15) is 0 Å². The van der Waals surface area contributed by atoms with Gasteiger partial charge in [-0.05, 0) is 42.7 Å². The van der Waals surface area contributed by atoms with E-state index in [9.17, 15) is 9.50 Å². The summed E-state index contributed by atoms with van der Waals surface area (Å²) in [6.07, 6.45) is 0.639. The van der Waals surface area contributed by atoms with E-state index in [1.807, 2.05) is 25.1 Å². The second-order valence-electron chi connectivity index (χ2n) is 5.50. The molecule has 0 saturated heterocycles. The number of hydrogen-bond acceptors (Lipinski definition) is 3. The maximum absolute atomic E-state index is 13.2. The lowest BCUT2D eigenvalue weighted by atomic mass is 10.1. The van der Waals surface area contributed by atoms with Crippen LogP contribution >= 0.6 is 0 Å². The number of benzene rings is 2. The minimum absolute atomic E-state index is 0.211. The molecule has 0 aliphatic rings. The molecule has 25 heavy (non-hydrogen) atoms. The summed E-state index contributed by atoms with van der Waals surface area (Å²) in [5, 5.41) is 16.3. The molecule has 2 aromatic rings. The van der Waals surface area contributed by atoms with E-state index < -0.39 is 0 Å². The van der Waals surface area contributed by atoms with Crippen LogP contribution in [0.5, 0.6) is 11.5 Å². The zero-order valence-corrected chi connectivity index (χ0v) is 14.6. The number of halogens is 1. The Balaban J connectivity index is 1.91. The molecule has 0 aromatic heterocycles. The average Bonchev–Trinajstić information content (AvgIpc) is 2.61. The predicted molar refractivity (Wildman–Crippen MR) is 97.6 cm³/mol. The maximum atomic E-state index is 13.2.